The number of furan rings is 1. The maximum atomic E-state index is 5.57. The number of nitrogens with one attached hydrogen (secondary N) is 1. The maximum Gasteiger partial charge on any atom is 0.162 e. The van der Waals surface area contributed by atoms with E-state index in [1.807, 2.05) is 19.1 Å². The summed E-state index contributed by atoms with van der Waals surface area (Å²) in [6.45, 7) is 3.06. The molecule has 2 aromatic rings. The van der Waals surface area contributed by atoms with Gasteiger partial charge in [0.05, 0.1) is 11.7 Å². The summed E-state index contributed by atoms with van der Waals surface area (Å²) in [6, 6.07) is 4.41. The molecule has 1 aliphatic rings. The standard InChI is InChI=1S/C12H14N2OS/c1-8-4-5-11(15-8)12-14-10(7-16-12)9-3-2-6-13-9/h4-5,7,9,13H,2-3,6H2,1H3. The fourth-order valence-corrected chi connectivity index (χ4v) is 2.88. The van der Waals surface area contributed by atoms with Gasteiger partial charge in [0, 0.05) is 5.38 Å². The summed E-state index contributed by atoms with van der Waals surface area (Å²) in [4.78, 5) is 4.64. The minimum atomic E-state index is 0.445. The number of thiazole rings is 1. The third-order valence-corrected chi connectivity index (χ3v) is 3.77. The quantitative estimate of drug-likeness (QED) is 0.867. The molecule has 1 unspecified atom stereocenters. The van der Waals surface area contributed by atoms with Gasteiger partial charge in [-0.2, -0.15) is 0 Å². The lowest BCUT2D eigenvalue weighted by Crippen LogP contribution is -2.12. The van der Waals surface area contributed by atoms with Crippen molar-refractivity contribution in [3.63, 3.8) is 0 Å². The Bertz CT molecular complexity index is 483. The van der Waals surface area contributed by atoms with Crippen LogP contribution in [0, 0.1) is 6.92 Å². The number of hydrogen-bond donors (Lipinski definition) is 1. The predicted octanol–water partition coefficient (Wildman–Crippen LogP) is 3.14. The molecule has 0 radical (unpaired) electrons. The van der Waals surface area contributed by atoms with Crippen LogP contribution in [0.1, 0.15) is 30.3 Å². The first-order valence-corrected chi connectivity index (χ1v) is 6.46. The summed E-state index contributed by atoms with van der Waals surface area (Å²) in [7, 11) is 0. The Labute approximate surface area is 98.5 Å². The monoisotopic (exact) mass is 234 g/mol. The van der Waals surface area contributed by atoms with Gasteiger partial charge >= 0.3 is 0 Å². The van der Waals surface area contributed by atoms with Crippen LogP contribution < -0.4 is 5.32 Å². The Morgan fingerprint density at radius 1 is 1.50 bits per heavy atom. The summed E-state index contributed by atoms with van der Waals surface area (Å²) in [5.41, 5.74) is 1.16. The molecule has 1 aliphatic heterocycles. The van der Waals surface area contributed by atoms with E-state index in [2.05, 4.69) is 15.7 Å². The molecule has 0 aliphatic carbocycles. The van der Waals surface area contributed by atoms with E-state index in [1.165, 1.54) is 12.8 Å². The van der Waals surface area contributed by atoms with Crippen LogP contribution in [0.25, 0.3) is 10.8 Å². The molecule has 4 heteroatoms. The average molecular weight is 234 g/mol. The molecule has 1 N–H and O–H groups in total. The van der Waals surface area contributed by atoms with Gasteiger partial charge in [-0.15, -0.1) is 11.3 Å². The van der Waals surface area contributed by atoms with Crippen molar-refractivity contribution in [2.24, 2.45) is 0 Å². The lowest BCUT2D eigenvalue weighted by atomic mass is 10.2. The van der Waals surface area contributed by atoms with Crippen molar-refractivity contribution in [2.45, 2.75) is 25.8 Å². The molecule has 3 nitrogen and oxygen atoms in total. The molecule has 0 spiro atoms. The predicted molar refractivity (Wildman–Crippen MR) is 64.5 cm³/mol. The maximum absolute atomic E-state index is 5.57. The van der Waals surface area contributed by atoms with Gasteiger partial charge in [-0.3, -0.25) is 0 Å². The first kappa shape index (κ1) is 10.1. The minimum Gasteiger partial charge on any atom is -0.459 e. The molecule has 0 bridgehead atoms. The molecule has 0 amide bonds. The number of aryl methyl sites for hydroxylation is 1. The van der Waals surface area contributed by atoms with Gasteiger partial charge in [0.1, 0.15) is 5.76 Å². The van der Waals surface area contributed by atoms with Crippen LogP contribution in [0.4, 0.5) is 0 Å². The van der Waals surface area contributed by atoms with Gasteiger partial charge in [-0.1, -0.05) is 0 Å². The minimum absolute atomic E-state index is 0.445. The molecule has 0 aromatic carbocycles. The zero-order valence-corrected chi connectivity index (χ0v) is 10.0. The molecule has 16 heavy (non-hydrogen) atoms. The van der Waals surface area contributed by atoms with Crippen LogP contribution >= 0.6 is 11.3 Å². The van der Waals surface area contributed by atoms with E-state index in [-0.39, 0.29) is 0 Å². The van der Waals surface area contributed by atoms with Crippen molar-refractivity contribution in [2.75, 3.05) is 6.54 Å². The summed E-state index contributed by atoms with van der Waals surface area (Å²) in [5, 5.41) is 6.57. The van der Waals surface area contributed by atoms with Crippen LogP contribution in [0.15, 0.2) is 21.9 Å². The van der Waals surface area contributed by atoms with Crippen LogP contribution in [0.2, 0.25) is 0 Å². The number of aromatic nitrogens is 1. The van der Waals surface area contributed by atoms with Crippen molar-refractivity contribution in [1.29, 1.82) is 0 Å². The molecular weight excluding hydrogens is 220 g/mol. The largest absolute Gasteiger partial charge is 0.459 e. The number of rotatable bonds is 2. The third-order valence-electron chi connectivity index (χ3n) is 2.89. The molecule has 84 valence electrons. The average Bonchev–Trinajstić information content (AvgIpc) is 2.97. The summed E-state index contributed by atoms with van der Waals surface area (Å²) < 4.78 is 5.57. The second-order valence-electron chi connectivity index (χ2n) is 4.14. The molecule has 3 heterocycles. The zero-order chi connectivity index (χ0) is 11.0. The van der Waals surface area contributed by atoms with Gasteiger partial charge in [0.15, 0.2) is 10.8 Å². The van der Waals surface area contributed by atoms with Gasteiger partial charge in [-0.05, 0) is 38.4 Å². The van der Waals surface area contributed by atoms with Gasteiger partial charge in [0.2, 0.25) is 0 Å². The first-order chi connectivity index (χ1) is 7.83. The molecule has 1 fully saturated rings. The van der Waals surface area contributed by atoms with E-state index in [0.717, 1.165) is 28.8 Å². The summed E-state index contributed by atoms with van der Waals surface area (Å²) >= 11 is 1.66. The zero-order valence-electron chi connectivity index (χ0n) is 9.19. The van der Waals surface area contributed by atoms with E-state index in [1.54, 1.807) is 11.3 Å². The lowest BCUT2D eigenvalue weighted by Gasteiger charge is -2.04. The van der Waals surface area contributed by atoms with Gasteiger partial charge in [0.25, 0.3) is 0 Å². The van der Waals surface area contributed by atoms with Crippen LogP contribution in [0.5, 0.6) is 0 Å². The molecule has 2 aromatic heterocycles. The second-order valence-corrected chi connectivity index (χ2v) is 4.99. The first-order valence-electron chi connectivity index (χ1n) is 5.58. The Morgan fingerprint density at radius 3 is 3.12 bits per heavy atom. The molecular formula is C12H14N2OS. The van der Waals surface area contributed by atoms with Crippen LogP contribution in [-0.2, 0) is 0 Å². The highest BCUT2D eigenvalue weighted by Gasteiger charge is 2.19. The summed E-state index contributed by atoms with van der Waals surface area (Å²) in [5.74, 6) is 1.82. The van der Waals surface area contributed by atoms with E-state index >= 15 is 0 Å². The van der Waals surface area contributed by atoms with Crippen LogP contribution in [-0.4, -0.2) is 11.5 Å². The van der Waals surface area contributed by atoms with Gasteiger partial charge < -0.3 is 9.73 Å². The number of nitrogens with zero attached hydrogens (tertiary/aromatic N) is 1. The molecule has 3 rings (SSSR count). The smallest absolute Gasteiger partial charge is 0.162 e. The second kappa shape index (κ2) is 4.03. The van der Waals surface area contributed by atoms with E-state index < -0.39 is 0 Å². The van der Waals surface area contributed by atoms with Crippen molar-refractivity contribution in [3.05, 3.63) is 29.0 Å². The highest BCUT2D eigenvalue weighted by atomic mass is 32.1. The SMILES string of the molecule is Cc1ccc(-c2nc(C3CCCN3)cs2)o1. The Kier molecular flexibility index (Phi) is 2.53. The highest BCUT2D eigenvalue weighted by molar-refractivity contribution is 7.13. The lowest BCUT2D eigenvalue weighted by molar-refractivity contribution is 0.547. The van der Waals surface area contributed by atoms with Crippen molar-refractivity contribution in [3.8, 4) is 10.8 Å². The van der Waals surface area contributed by atoms with E-state index in [0.29, 0.717) is 6.04 Å². The highest BCUT2D eigenvalue weighted by Crippen LogP contribution is 2.30. The van der Waals surface area contributed by atoms with Crippen molar-refractivity contribution in [1.82, 2.24) is 10.3 Å². The topological polar surface area (TPSA) is 38.1 Å². The Morgan fingerprint density at radius 2 is 2.44 bits per heavy atom. The normalized spacial score (nSPS) is 20.4. The van der Waals surface area contributed by atoms with Crippen molar-refractivity contribution < 1.29 is 4.42 Å². The fourth-order valence-electron chi connectivity index (χ4n) is 2.05. The Hall–Kier alpha value is -1.13. The third kappa shape index (κ3) is 1.79. The van der Waals surface area contributed by atoms with Gasteiger partial charge in [-0.25, -0.2) is 4.98 Å². The van der Waals surface area contributed by atoms with Crippen molar-refractivity contribution >= 4 is 11.3 Å². The summed E-state index contributed by atoms with van der Waals surface area (Å²) in [6.07, 6.45) is 2.44. The number of hydrogen-bond acceptors (Lipinski definition) is 4. The molecule has 1 saturated heterocycles. The Balaban J connectivity index is 1.87. The van der Waals surface area contributed by atoms with E-state index in [9.17, 15) is 0 Å². The fraction of sp³-hybridized carbons (Fsp3) is 0.417. The van der Waals surface area contributed by atoms with Crippen LogP contribution in [0.3, 0.4) is 0 Å². The molecule has 0 saturated carbocycles. The molecule has 1 atom stereocenters. The van der Waals surface area contributed by atoms with E-state index in [4.69, 9.17) is 4.42 Å².